The number of halogens is 1. The average molecular weight is 493 g/mol. The predicted molar refractivity (Wildman–Crippen MR) is 129 cm³/mol. The monoisotopic (exact) mass is 492 g/mol. The van der Waals surface area contributed by atoms with E-state index in [0.29, 0.717) is 39.2 Å². The molecule has 186 valence electrons. The fourth-order valence-corrected chi connectivity index (χ4v) is 4.76. The normalized spacial score (nSPS) is 16.1. The zero-order valence-corrected chi connectivity index (χ0v) is 20.0. The van der Waals surface area contributed by atoms with Gasteiger partial charge in [-0.25, -0.2) is 9.37 Å². The van der Waals surface area contributed by atoms with Crippen LogP contribution in [0.3, 0.4) is 0 Å². The third-order valence-corrected chi connectivity index (χ3v) is 6.70. The van der Waals surface area contributed by atoms with E-state index in [1.165, 1.54) is 13.3 Å². The van der Waals surface area contributed by atoms with Crippen LogP contribution in [-0.4, -0.2) is 65.8 Å². The smallest absolute Gasteiger partial charge is 0.226 e. The molecule has 0 saturated carbocycles. The first kappa shape index (κ1) is 22.5. The SMILES string of the molecule is COc1cc2c(Oc3cnc4[nH]c(C)cc4c3F)ccnc2cc1OCCC(=O)N1CC2(COC2)C1. The van der Waals surface area contributed by atoms with Crippen LogP contribution in [0.2, 0.25) is 0 Å². The Bertz CT molecular complexity index is 1470. The van der Waals surface area contributed by atoms with E-state index in [1.807, 2.05) is 11.8 Å². The minimum Gasteiger partial charge on any atom is -0.493 e. The van der Waals surface area contributed by atoms with Crippen molar-refractivity contribution < 1.29 is 28.1 Å². The Labute approximate surface area is 206 Å². The number of aryl methyl sites for hydroxylation is 1. The van der Waals surface area contributed by atoms with Gasteiger partial charge in [-0.15, -0.1) is 0 Å². The zero-order chi connectivity index (χ0) is 24.9. The number of amides is 1. The highest BCUT2D eigenvalue weighted by Crippen LogP contribution is 2.39. The molecule has 1 N–H and O–H groups in total. The summed E-state index contributed by atoms with van der Waals surface area (Å²) in [6.07, 6.45) is 3.19. The summed E-state index contributed by atoms with van der Waals surface area (Å²) in [5.74, 6) is 0.895. The number of likely N-dealkylation sites (tertiary alicyclic amines) is 1. The molecular weight excluding hydrogens is 467 g/mol. The number of aromatic nitrogens is 3. The largest absolute Gasteiger partial charge is 0.493 e. The Balaban J connectivity index is 1.19. The Kier molecular flexibility index (Phi) is 5.40. The molecule has 1 spiro atoms. The van der Waals surface area contributed by atoms with Crippen LogP contribution in [0.15, 0.2) is 36.7 Å². The number of aromatic amines is 1. The molecule has 2 saturated heterocycles. The third-order valence-electron chi connectivity index (χ3n) is 6.70. The van der Waals surface area contributed by atoms with Crippen LogP contribution in [0.5, 0.6) is 23.0 Å². The number of hydrogen-bond acceptors (Lipinski definition) is 7. The van der Waals surface area contributed by atoms with E-state index < -0.39 is 5.82 Å². The Hall–Kier alpha value is -3.92. The number of benzene rings is 1. The first-order valence-electron chi connectivity index (χ1n) is 11.7. The Morgan fingerprint density at radius 2 is 1.97 bits per heavy atom. The lowest BCUT2D eigenvalue weighted by atomic mass is 9.78. The Morgan fingerprint density at radius 3 is 2.72 bits per heavy atom. The van der Waals surface area contributed by atoms with E-state index in [0.717, 1.165) is 32.0 Å². The van der Waals surface area contributed by atoms with E-state index in [2.05, 4.69) is 15.0 Å². The molecule has 2 fully saturated rings. The highest BCUT2D eigenvalue weighted by atomic mass is 19.1. The van der Waals surface area contributed by atoms with E-state index in [-0.39, 0.29) is 30.1 Å². The van der Waals surface area contributed by atoms with Crippen molar-refractivity contribution >= 4 is 27.8 Å². The molecule has 1 amide bonds. The summed E-state index contributed by atoms with van der Waals surface area (Å²) in [5.41, 5.74) is 2.04. The lowest BCUT2D eigenvalue weighted by molar-refractivity contribution is -0.195. The van der Waals surface area contributed by atoms with Gasteiger partial charge in [0.05, 0.1) is 55.9 Å². The van der Waals surface area contributed by atoms with Gasteiger partial charge in [0.15, 0.2) is 23.1 Å². The molecule has 4 aromatic rings. The van der Waals surface area contributed by atoms with Gasteiger partial charge in [0, 0.05) is 36.4 Å². The van der Waals surface area contributed by atoms with Gasteiger partial charge in [0.2, 0.25) is 5.91 Å². The molecule has 1 aromatic carbocycles. The van der Waals surface area contributed by atoms with Gasteiger partial charge in [0.25, 0.3) is 0 Å². The molecule has 0 unspecified atom stereocenters. The second kappa shape index (κ2) is 8.63. The molecule has 0 bridgehead atoms. The number of H-pyrrole nitrogens is 1. The molecule has 10 heteroatoms. The van der Waals surface area contributed by atoms with E-state index in [1.54, 1.807) is 30.5 Å². The van der Waals surface area contributed by atoms with Crippen LogP contribution in [0.4, 0.5) is 4.39 Å². The molecule has 0 radical (unpaired) electrons. The molecule has 36 heavy (non-hydrogen) atoms. The minimum atomic E-state index is -0.496. The molecule has 9 nitrogen and oxygen atoms in total. The third kappa shape index (κ3) is 3.87. The van der Waals surface area contributed by atoms with Crippen LogP contribution in [0, 0.1) is 18.2 Å². The maximum Gasteiger partial charge on any atom is 0.226 e. The van der Waals surface area contributed by atoms with Gasteiger partial charge in [-0.2, -0.15) is 0 Å². The van der Waals surface area contributed by atoms with Gasteiger partial charge in [-0.1, -0.05) is 0 Å². The predicted octanol–water partition coefficient (Wildman–Crippen LogP) is 3.99. The maximum absolute atomic E-state index is 15.1. The quantitative estimate of drug-likeness (QED) is 0.417. The molecule has 0 aliphatic carbocycles. The number of fused-ring (bicyclic) bond motifs is 2. The molecule has 2 aliphatic rings. The van der Waals surface area contributed by atoms with E-state index >= 15 is 4.39 Å². The van der Waals surface area contributed by atoms with E-state index in [9.17, 15) is 4.79 Å². The van der Waals surface area contributed by atoms with Crippen molar-refractivity contribution in [1.82, 2.24) is 19.9 Å². The van der Waals surface area contributed by atoms with Crippen molar-refractivity contribution in [2.24, 2.45) is 5.41 Å². The summed E-state index contributed by atoms with van der Waals surface area (Å²) in [6.45, 7) is 5.04. The van der Waals surface area contributed by atoms with Gasteiger partial charge in [-0.3, -0.25) is 9.78 Å². The van der Waals surface area contributed by atoms with E-state index in [4.69, 9.17) is 18.9 Å². The summed E-state index contributed by atoms with van der Waals surface area (Å²) in [7, 11) is 1.53. The van der Waals surface area contributed by atoms with Crippen LogP contribution in [-0.2, 0) is 9.53 Å². The molecule has 6 rings (SSSR count). The highest BCUT2D eigenvalue weighted by molar-refractivity contribution is 5.88. The topological polar surface area (TPSA) is 98.8 Å². The second-order valence-electron chi connectivity index (χ2n) is 9.42. The fourth-order valence-electron chi connectivity index (χ4n) is 4.76. The van der Waals surface area contributed by atoms with Crippen LogP contribution in [0.1, 0.15) is 12.1 Å². The standard InChI is InChI=1S/C26H25FN4O5/c1-15-7-17-24(27)22(10-29-25(17)30-15)36-19-3-5-28-18-9-21(20(33-2)8-16(18)19)35-6-4-23(32)31-11-26(12-31)13-34-14-26/h3,5,7-10H,4,6,11-14H2,1-2H3,(H,29,30). The van der Waals surface area contributed by atoms with Crippen LogP contribution in [0.25, 0.3) is 21.9 Å². The summed E-state index contributed by atoms with van der Waals surface area (Å²) >= 11 is 0. The fraction of sp³-hybridized carbons (Fsp3) is 0.346. The van der Waals surface area contributed by atoms with Crippen molar-refractivity contribution in [1.29, 1.82) is 0 Å². The number of nitrogens with zero attached hydrogens (tertiary/aromatic N) is 3. The number of carbonyl (C=O) groups excluding carboxylic acids is 1. The van der Waals surface area contributed by atoms with Crippen molar-refractivity contribution in [3.8, 4) is 23.0 Å². The second-order valence-corrected chi connectivity index (χ2v) is 9.42. The maximum atomic E-state index is 15.1. The van der Waals surface area contributed by atoms with Gasteiger partial charge >= 0.3 is 0 Å². The molecule has 2 aliphatic heterocycles. The molecular formula is C26H25FN4O5. The van der Waals surface area contributed by atoms with Crippen molar-refractivity contribution in [2.45, 2.75) is 13.3 Å². The number of hydrogen-bond donors (Lipinski definition) is 1. The van der Waals surface area contributed by atoms with Crippen molar-refractivity contribution in [3.05, 3.63) is 48.2 Å². The summed E-state index contributed by atoms with van der Waals surface area (Å²) < 4.78 is 37.6. The number of carbonyl (C=O) groups is 1. The first-order chi connectivity index (χ1) is 17.4. The summed E-state index contributed by atoms with van der Waals surface area (Å²) in [4.78, 5) is 26.0. The van der Waals surface area contributed by atoms with Crippen LogP contribution >= 0.6 is 0 Å². The number of nitrogens with one attached hydrogen (secondary N) is 1. The summed E-state index contributed by atoms with van der Waals surface area (Å²) in [6, 6.07) is 6.80. The Morgan fingerprint density at radius 1 is 1.14 bits per heavy atom. The van der Waals surface area contributed by atoms with Gasteiger partial charge < -0.3 is 28.8 Å². The lowest BCUT2D eigenvalue weighted by Crippen LogP contribution is -2.67. The first-order valence-corrected chi connectivity index (χ1v) is 11.7. The number of ether oxygens (including phenoxy) is 4. The number of methoxy groups -OCH3 is 1. The number of rotatable bonds is 7. The van der Waals surface area contributed by atoms with Gasteiger partial charge in [-0.05, 0) is 25.1 Å². The zero-order valence-electron chi connectivity index (χ0n) is 20.0. The highest BCUT2D eigenvalue weighted by Gasteiger charge is 2.50. The van der Waals surface area contributed by atoms with Crippen molar-refractivity contribution in [2.75, 3.05) is 40.0 Å². The molecule has 5 heterocycles. The van der Waals surface area contributed by atoms with Crippen molar-refractivity contribution in [3.63, 3.8) is 0 Å². The lowest BCUT2D eigenvalue weighted by Gasteiger charge is -2.55. The van der Waals surface area contributed by atoms with Gasteiger partial charge in [0.1, 0.15) is 11.4 Å². The molecule has 0 atom stereocenters. The average Bonchev–Trinajstić information content (AvgIpc) is 3.20. The number of pyridine rings is 2. The van der Waals surface area contributed by atoms with Crippen LogP contribution < -0.4 is 14.2 Å². The minimum absolute atomic E-state index is 0.00745. The molecule has 3 aromatic heterocycles. The summed E-state index contributed by atoms with van der Waals surface area (Å²) in [5, 5.41) is 0.983.